The van der Waals surface area contributed by atoms with Crippen LogP contribution in [-0.2, 0) is 9.53 Å². The number of hydrogen-bond acceptors (Lipinski definition) is 6. The predicted molar refractivity (Wildman–Crippen MR) is 113 cm³/mol. The van der Waals surface area contributed by atoms with Gasteiger partial charge in [0, 0.05) is 0 Å². The van der Waals surface area contributed by atoms with Crippen LogP contribution in [0, 0.1) is 32.1 Å². The smallest absolute Gasteiger partial charge is 0.348 e. The standard InChI is InChI=1S/C24H25NO5/c1-6-28-21-13-18(12-19(14-25)23(26)29-7-2)8-9-20(21)30-24(27)22-16(4)10-15(3)11-17(22)5/h8-13H,6-7H2,1-5H3/b19-12+. The normalized spacial score (nSPS) is 10.9. The summed E-state index contributed by atoms with van der Waals surface area (Å²) >= 11 is 0. The van der Waals surface area contributed by atoms with Crippen molar-refractivity contribution in [2.24, 2.45) is 0 Å². The fourth-order valence-electron chi connectivity index (χ4n) is 3.13. The third kappa shape index (κ3) is 5.48. The molecule has 0 bridgehead atoms. The average Bonchev–Trinajstić information content (AvgIpc) is 2.67. The molecule has 0 aliphatic carbocycles. The molecule has 0 fully saturated rings. The van der Waals surface area contributed by atoms with Gasteiger partial charge in [0.15, 0.2) is 11.5 Å². The molecule has 2 aromatic rings. The molecule has 2 aromatic carbocycles. The Morgan fingerprint density at radius 3 is 2.23 bits per heavy atom. The van der Waals surface area contributed by atoms with E-state index in [1.54, 1.807) is 25.1 Å². The molecule has 0 amide bonds. The Balaban J connectivity index is 2.37. The lowest BCUT2D eigenvalue weighted by Gasteiger charge is -2.14. The minimum atomic E-state index is -0.696. The maximum atomic E-state index is 12.8. The second-order valence-electron chi connectivity index (χ2n) is 6.69. The number of hydrogen-bond donors (Lipinski definition) is 0. The van der Waals surface area contributed by atoms with E-state index in [0.717, 1.165) is 16.7 Å². The van der Waals surface area contributed by atoms with Crippen molar-refractivity contribution >= 4 is 18.0 Å². The van der Waals surface area contributed by atoms with Gasteiger partial charge in [-0.3, -0.25) is 0 Å². The van der Waals surface area contributed by atoms with Crippen molar-refractivity contribution in [2.75, 3.05) is 13.2 Å². The summed E-state index contributed by atoms with van der Waals surface area (Å²) in [6.07, 6.45) is 1.40. The number of rotatable bonds is 7. The van der Waals surface area contributed by atoms with Crippen LogP contribution in [0.25, 0.3) is 6.08 Å². The summed E-state index contributed by atoms with van der Waals surface area (Å²) in [5, 5.41) is 9.21. The Bertz CT molecular complexity index is 1010. The topological polar surface area (TPSA) is 85.6 Å². The van der Waals surface area contributed by atoms with Gasteiger partial charge in [0.1, 0.15) is 11.6 Å². The molecule has 0 unspecified atom stereocenters. The van der Waals surface area contributed by atoms with E-state index in [4.69, 9.17) is 14.2 Å². The maximum absolute atomic E-state index is 12.8. The first-order valence-corrected chi connectivity index (χ1v) is 9.66. The molecule has 0 saturated carbocycles. The summed E-state index contributed by atoms with van der Waals surface area (Å²) in [4.78, 5) is 24.6. The highest BCUT2D eigenvalue weighted by Crippen LogP contribution is 2.31. The van der Waals surface area contributed by atoms with Crippen molar-refractivity contribution in [3.05, 3.63) is 63.7 Å². The largest absolute Gasteiger partial charge is 0.490 e. The van der Waals surface area contributed by atoms with E-state index in [0.29, 0.717) is 23.5 Å². The summed E-state index contributed by atoms with van der Waals surface area (Å²) < 4.78 is 16.1. The number of aryl methyl sites for hydroxylation is 3. The molecule has 2 rings (SSSR count). The van der Waals surface area contributed by atoms with E-state index in [1.165, 1.54) is 6.08 Å². The van der Waals surface area contributed by atoms with E-state index < -0.39 is 11.9 Å². The molecule has 0 heterocycles. The molecule has 6 nitrogen and oxygen atoms in total. The number of nitriles is 1. The molecule has 0 radical (unpaired) electrons. The number of carbonyl (C=O) groups is 2. The molecule has 6 heteroatoms. The second-order valence-corrected chi connectivity index (χ2v) is 6.69. The van der Waals surface area contributed by atoms with Crippen LogP contribution in [0.1, 0.15) is 46.5 Å². The predicted octanol–water partition coefficient (Wildman–Crippen LogP) is 4.70. The third-order valence-corrected chi connectivity index (χ3v) is 4.28. The van der Waals surface area contributed by atoms with Gasteiger partial charge < -0.3 is 14.2 Å². The third-order valence-electron chi connectivity index (χ3n) is 4.28. The van der Waals surface area contributed by atoms with Gasteiger partial charge in [-0.2, -0.15) is 5.26 Å². The quantitative estimate of drug-likeness (QED) is 0.286. The van der Waals surface area contributed by atoms with Gasteiger partial charge in [-0.25, -0.2) is 9.59 Å². The van der Waals surface area contributed by atoms with Crippen molar-refractivity contribution < 1.29 is 23.8 Å². The van der Waals surface area contributed by atoms with Crippen LogP contribution in [0.5, 0.6) is 11.5 Å². The Kier molecular flexibility index (Phi) is 7.76. The molecular weight excluding hydrogens is 382 g/mol. The molecule has 0 atom stereocenters. The molecule has 0 N–H and O–H groups in total. The fraction of sp³-hybridized carbons (Fsp3) is 0.292. The summed E-state index contributed by atoms with van der Waals surface area (Å²) in [7, 11) is 0. The molecule has 0 aliphatic heterocycles. The molecule has 30 heavy (non-hydrogen) atoms. The van der Waals surface area contributed by atoms with Gasteiger partial charge in [-0.15, -0.1) is 0 Å². The average molecular weight is 407 g/mol. The van der Waals surface area contributed by atoms with E-state index in [2.05, 4.69) is 0 Å². The fourth-order valence-corrected chi connectivity index (χ4v) is 3.13. The Morgan fingerprint density at radius 2 is 1.67 bits per heavy atom. The van der Waals surface area contributed by atoms with Crippen molar-refractivity contribution in [1.29, 1.82) is 5.26 Å². The number of benzene rings is 2. The van der Waals surface area contributed by atoms with Crippen molar-refractivity contribution in [3.8, 4) is 17.6 Å². The monoisotopic (exact) mass is 407 g/mol. The summed E-state index contributed by atoms with van der Waals surface area (Å²) in [5.41, 5.74) is 3.68. The zero-order chi connectivity index (χ0) is 22.3. The SMILES string of the molecule is CCOC(=O)/C(C#N)=C/c1ccc(OC(=O)c2c(C)cc(C)cc2C)c(OCC)c1. The maximum Gasteiger partial charge on any atom is 0.348 e. The van der Waals surface area contributed by atoms with Crippen LogP contribution in [0.3, 0.4) is 0 Å². The van der Waals surface area contributed by atoms with Crippen molar-refractivity contribution in [3.63, 3.8) is 0 Å². The molecule has 0 aromatic heterocycles. The summed E-state index contributed by atoms with van der Waals surface area (Å²) in [6, 6.07) is 10.5. The number of ether oxygens (including phenoxy) is 3. The van der Waals surface area contributed by atoms with Crippen molar-refractivity contribution in [2.45, 2.75) is 34.6 Å². The second kappa shape index (κ2) is 10.3. The Labute approximate surface area is 176 Å². The first-order chi connectivity index (χ1) is 14.3. The van der Waals surface area contributed by atoms with E-state index >= 15 is 0 Å². The molecule has 156 valence electrons. The van der Waals surface area contributed by atoms with Crippen LogP contribution in [0.2, 0.25) is 0 Å². The van der Waals surface area contributed by atoms with Gasteiger partial charge in [0.2, 0.25) is 0 Å². The van der Waals surface area contributed by atoms with Gasteiger partial charge in [-0.05, 0) is 69.5 Å². The van der Waals surface area contributed by atoms with Crippen molar-refractivity contribution in [1.82, 2.24) is 0 Å². The highest BCUT2D eigenvalue weighted by Gasteiger charge is 2.18. The molecular formula is C24H25NO5. The van der Waals surface area contributed by atoms with E-state index in [9.17, 15) is 14.9 Å². The molecule has 0 spiro atoms. The van der Waals surface area contributed by atoms with Gasteiger partial charge in [0.05, 0.1) is 18.8 Å². The minimum absolute atomic E-state index is 0.130. The zero-order valence-electron chi connectivity index (χ0n) is 17.9. The first-order valence-electron chi connectivity index (χ1n) is 9.66. The lowest BCUT2D eigenvalue weighted by molar-refractivity contribution is -0.137. The van der Waals surface area contributed by atoms with Gasteiger partial charge >= 0.3 is 11.9 Å². The highest BCUT2D eigenvalue weighted by atomic mass is 16.6. The first kappa shape index (κ1) is 22.7. The number of carbonyl (C=O) groups excluding carboxylic acids is 2. The van der Waals surface area contributed by atoms with Crippen LogP contribution in [-0.4, -0.2) is 25.2 Å². The Hall–Kier alpha value is -3.59. The summed E-state index contributed by atoms with van der Waals surface area (Å²) in [5.74, 6) is -0.576. The van der Waals surface area contributed by atoms with E-state index in [1.807, 2.05) is 45.9 Å². The van der Waals surface area contributed by atoms with E-state index in [-0.39, 0.29) is 17.9 Å². The van der Waals surface area contributed by atoms with Crippen LogP contribution in [0.4, 0.5) is 0 Å². The van der Waals surface area contributed by atoms with Gasteiger partial charge in [-0.1, -0.05) is 23.8 Å². The zero-order valence-corrected chi connectivity index (χ0v) is 17.9. The van der Waals surface area contributed by atoms with Crippen LogP contribution >= 0.6 is 0 Å². The summed E-state index contributed by atoms with van der Waals surface area (Å²) in [6.45, 7) is 9.71. The van der Waals surface area contributed by atoms with Crippen LogP contribution < -0.4 is 9.47 Å². The lowest BCUT2D eigenvalue weighted by Crippen LogP contribution is -2.13. The van der Waals surface area contributed by atoms with Crippen LogP contribution in [0.15, 0.2) is 35.9 Å². The molecule has 0 saturated heterocycles. The molecule has 0 aliphatic rings. The lowest BCUT2D eigenvalue weighted by atomic mass is 10.00. The number of esters is 2. The van der Waals surface area contributed by atoms with Gasteiger partial charge in [0.25, 0.3) is 0 Å². The Morgan fingerprint density at radius 1 is 1.00 bits per heavy atom. The minimum Gasteiger partial charge on any atom is -0.490 e. The highest BCUT2D eigenvalue weighted by molar-refractivity contribution is 5.98. The number of nitrogens with zero attached hydrogens (tertiary/aromatic N) is 1.